The Kier molecular flexibility index (Phi) is 39.4. The van der Waals surface area contributed by atoms with Gasteiger partial charge in [0.15, 0.2) is 6.29 Å². The van der Waals surface area contributed by atoms with E-state index in [4.69, 9.17) is 9.47 Å². The average molecular weight is 852 g/mol. The van der Waals surface area contributed by atoms with Crippen LogP contribution in [-0.2, 0) is 14.3 Å². The normalized spacial score (nSPS) is 20.7. The van der Waals surface area contributed by atoms with Gasteiger partial charge >= 0.3 is 0 Å². The van der Waals surface area contributed by atoms with Gasteiger partial charge < -0.3 is 40.3 Å². The number of carbonyl (C=O) groups is 1. The maximum absolute atomic E-state index is 13.0. The molecule has 0 spiro atoms. The van der Waals surface area contributed by atoms with E-state index in [1.54, 1.807) is 6.08 Å². The topological polar surface area (TPSA) is 149 Å². The van der Waals surface area contributed by atoms with Crippen molar-refractivity contribution in [2.24, 2.45) is 0 Å². The molecule has 0 bridgehead atoms. The van der Waals surface area contributed by atoms with Gasteiger partial charge in [-0.05, 0) is 32.1 Å². The van der Waals surface area contributed by atoms with Crippen LogP contribution in [0.2, 0.25) is 0 Å². The minimum absolute atomic E-state index is 0.184. The van der Waals surface area contributed by atoms with Crippen LogP contribution in [0.15, 0.2) is 24.3 Å². The minimum Gasteiger partial charge on any atom is -0.394 e. The minimum atomic E-state index is -1.57. The lowest BCUT2D eigenvalue weighted by Gasteiger charge is -2.40. The second-order valence-electron chi connectivity index (χ2n) is 18.0. The standard InChI is InChI=1S/C51H97NO8/c1-3-5-7-9-11-13-15-16-17-18-19-20-21-22-23-24-25-26-27-28-29-31-33-35-37-39-41-47(55)52-44(43-59-51-50(58)49(57)48(56)46(42-53)60-51)45(54)40-38-36-34-32-30-14-12-10-8-6-4-2/h30,32,38,40,44-46,48-51,53-54,56-58H,3-29,31,33-37,39,41-43H2,1-2H3,(H,52,55)/b32-30+,40-38+. The van der Waals surface area contributed by atoms with E-state index in [0.29, 0.717) is 6.42 Å². The summed E-state index contributed by atoms with van der Waals surface area (Å²) in [7, 11) is 0. The van der Waals surface area contributed by atoms with Gasteiger partial charge in [-0.2, -0.15) is 0 Å². The molecule has 7 atom stereocenters. The highest BCUT2D eigenvalue weighted by Crippen LogP contribution is 2.23. The molecule has 9 heteroatoms. The quantitative estimate of drug-likeness (QED) is 0.0262. The summed E-state index contributed by atoms with van der Waals surface area (Å²) in [6, 6.07) is -0.816. The molecule has 1 fully saturated rings. The van der Waals surface area contributed by atoms with E-state index >= 15 is 0 Å². The lowest BCUT2D eigenvalue weighted by molar-refractivity contribution is -0.302. The van der Waals surface area contributed by atoms with Crippen molar-refractivity contribution in [3.63, 3.8) is 0 Å². The Morgan fingerprint density at radius 3 is 1.40 bits per heavy atom. The predicted molar refractivity (Wildman–Crippen MR) is 249 cm³/mol. The molecule has 1 rings (SSSR count). The van der Waals surface area contributed by atoms with Gasteiger partial charge in [0, 0.05) is 6.42 Å². The SMILES string of the molecule is CCCCCCC/C=C/CC/C=C/C(O)C(COC1OC(CO)C(O)C(O)C1O)NC(=O)CCCCCCCCCCCCCCCCCCCCCCCCCCCC. The van der Waals surface area contributed by atoms with Crippen molar-refractivity contribution >= 4 is 5.91 Å². The molecule has 0 aromatic carbocycles. The first-order chi connectivity index (χ1) is 29.3. The van der Waals surface area contributed by atoms with Crippen molar-refractivity contribution < 1.29 is 39.8 Å². The fraction of sp³-hybridized carbons (Fsp3) is 0.902. The van der Waals surface area contributed by atoms with E-state index in [-0.39, 0.29) is 12.5 Å². The molecule has 9 nitrogen and oxygen atoms in total. The third kappa shape index (κ3) is 31.5. The summed E-state index contributed by atoms with van der Waals surface area (Å²) >= 11 is 0. The largest absolute Gasteiger partial charge is 0.394 e. The zero-order valence-electron chi connectivity index (χ0n) is 39.0. The lowest BCUT2D eigenvalue weighted by Crippen LogP contribution is -2.60. The fourth-order valence-electron chi connectivity index (χ4n) is 8.17. The molecule has 0 aromatic heterocycles. The molecule has 0 radical (unpaired) electrons. The number of aliphatic hydroxyl groups is 5. The molecule has 1 aliphatic heterocycles. The Bertz CT molecular complexity index is 992. The summed E-state index contributed by atoms with van der Waals surface area (Å²) in [4.78, 5) is 13.0. The highest BCUT2D eigenvalue weighted by molar-refractivity contribution is 5.76. The number of carbonyl (C=O) groups excluding carboxylic acids is 1. The van der Waals surface area contributed by atoms with Crippen LogP contribution in [0.1, 0.15) is 239 Å². The third-order valence-electron chi connectivity index (χ3n) is 12.3. The Morgan fingerprint density at radius 1 is 0.550 bits per heavy atom. The van der Waals surface area contributed by atoms with Crippen LogP contribution in [0.4, 0.5) is 0 Å². The summed E-state index contributed by atoms with van der Waals surface area (Å²) in [5.74, 6) is -0.184. The van der Waals surface area contributed by atoms with E-state index in [2.05, 4.69) is 31.3 Å². The summed E-state index contributed by atoms with van der Waals surface area (Å²) in [6.07, 6.45) is 43.9. The molecule has 0 saturated carbocycles. The predicted octanol–water partition coefficient (Wildman–Crippen LogP) is 11.5. The maximum atomic E-state index is 13.0. The molecule has 0 aliphatic carbocycles. The van der Waals surface area contributed by atoms with Gasteiger partial charge in [-0.3, -0.25) is 4.79 Å². The molecule has 1 amide bonds. The first kappa shape index (κ1) is 56.7. The van der Waals surface area contributed by atoms with Crippen molar-refractivity contribution in [3.8, 4) is 0 Å². The van der Waals surface area contributed by atoms with Crippen molar-refractivity contribution in [1.29, 1.82) is 0 Å². The van der Waals surface area contributed by atoms with Gasteiger partial charge in [-0.15, -0.1) is 0 Å². The maximum Gasteiger partial charge on any atom is 0.220 e. The zero-order valence-corrected chi connectivity index (χ0v) is 39.0. The van der Waals surface area contributed by atoms with Gasteiger partial charge in [0.25, 0.3) is 0 Å². The highest BCUT2D eigenvalue weighted by Gasteiger charge is 2.44. The number of hydrogen-bond acceptors (Lipinski definition) is 8. The summed E-state index contributed by atoms with van der Waals surface area (Å²) in [6.45, 7) is 3.75. The van der Waals surface area contributed by atoms with Gasteiger partial charge in [0.05, 0.1) is 25.4 Å². The zero-order chi connectivity index (χ0) is 43.7. The molecule has 1 heterocycles. The van der Waals surface area contributed by atoms with E-state index in [9.17, 15) is 30.3 Å². The number of aliphatic hydroxyl groups excluding tert-OH is 5. The van der Waals surface area contributed by atoms with Crippen LogP contribution < -0.4 is 5.32 Å². The second-order valence-corrected chi connectivity index (χ2v) is 18.0. The number of rotatable bonds is 43. The monoisotopic (exact) mass is 852 g/mol. The smallest absolute Gasteiger partial charge is 0.220 e. The molecular formula is C51H97NO8. The van der Waals surface area contributed by atoms with E-state index in [1.807, 2.05) is 6.08 Å². The highest BCUT2D eigenvalue weighted by atomic mass is 16.7. The molecule has 6 N–H and O–H groups in total. The number of ether oxygens (including phenoxy) is 2. The Hall–Kier alpha value is -1.33. The molecule has 1 aliphatic rings. The second kappa shape index (κ2) is 41.7. The summed E-state index contributed by atoms with van der Waals surface area (Å²) in [5.41, 5.74) is 0. The molecule has 0 aromatic rings. The van der Waals surface area contributed by atoms with Crippen LogP contribution >= 0.6 is 0 Å². The van der Waals surface area contributed by atoms with Gasteiger partial charge in [-0.1, -0.05) is 224 Å². The van der Waals surface area contributed by atoms with E-state index in [1.165, 1.54) is 180 Å². The van der Waals surface area contributed by atoms with Crippen molar-refractivity contribution in [2.45, 2.75) is 281 Å². The van der Waals surface area contributed by atoms with Crippen LogP contribution in [-0.4, -0.2) is 87.5 Å². The first-order valence-corrected chi connectivity index (χ1v) is 25.6. The number of hydrogen-bond donors (Lipinski definition) is 6. The number of nitrogens with one attached hydrogen (secondary N) is 1. The van der Waals surface area contributed by atoms with Gasteiger partial charge in [0.2, 0.25) is 5.91 Å². The lowest BCUT2D eigenvalue weighted by atomic mass is 9.99. The van der Waals surface area contributed by atoms with Crippen molar-refractivity contribution in [1.82, 2.24) is 5.32 Å². The van der Waals surface area contributed by atoms with Gasteiger partial charge in [-0.25, -0.2) is 0 Å². The van der Waals surface area contributed by atoms with E-state index in [0.717, 1.165) is 38.5 Å². The van der Waals surface area contributed by atoms with Gasteiger partial charge in [0.1, 0.15) is 24.4 Å². The summed E-state index contributed by atoms with van der Waals surface area (Å²) < 4.78 is 11.2. The molecule has 354 valence electrons. The molecule has 1 saturated heterocycles. The van der Waals surface area contributed by atoms with Crippen LogP contribution in [0.25, 0.3) is 0 Å². The van der Waals surface area contributed by atoms with Crippen molar-refractivity contribution in [3.05, 3.63) is 24.3 Å². The Balaban J connectivity index is 2.19. The van der Waals surface area contributed by atoms with Crippen molar-refractivity contribution in [2.75, 3.05) is 13.2 Å². The fourth-order valence-corrected chi connectivity index (χ4v) is 8.17. The van der Waals surface area contributed by atoms with Crippen LogP contribution in [0.3, 0.4) is 0 Å². The number of unbranched alkanes of at least 4 members (excludes halogenated alkanes) is 31. The molecule has 7 unspecified atom stereocenters. The number of allylic oxidation sites excluding steroid dienone is 3. The average Bonchev–Trinajstić information content (AvgIpc) is 3.25. The molecule has 60 heavy (non-hydrogen) atoms. The van der Waals surface area contributed by atoms with Crippen LogP contribution in [0, 0.1) is 0 Å². The molecular weight excluding hydrogens is 755 g/mol. The first-order valence-electron chi connectivity index (χ1n) is 25.6. The Morgan fingerprint density at radius 2 is 0.950 bits per heavy atom. The third-order valence-corrected chi connectivity index (χ3v) is 12.3. The Labute approximate surface area is 369 Å². The summed E-state index contributed by atoms with van der Waals surface area (Å²) in [5, 5.41) is 54.1. The number of amides is 1. The van der Waals surface area contributed by atoms with Crippen LogP contribution in [0.5, 0.6) is 0 Å². The van der Waals surface area contributed by atoms with E-state index < -0.39 is 49.5 Å².